The molecule has 1 N–H and O–H groups in total. The number of amides is 1. The Kier molecular flexibility index (Phi) is 4.23. The van der Waals surface area contributed by atoms with Crippen LogP contribution in [0.3, 0.4) is 0 Å². The number of nitrogens with one attached hydrogen (secondary N) is 1. The highest BCUT2D eigenvalue weighted by Gasteiger charge is 2.13. The van der Waals surface area contributed by atoms with Crippen molar-refractivity contribution >= 4 is 5.91 Å². The lowest BCUT2D eigenvalue weighted by molar-refractivity contribution is 0.0939. The molecule has 2 aromatic rings. The zero-order chi connectivity index (χ0) is 14.7. The number of aryl methyl sites for hydroxylation is 3. The van der Waals surface area contributed by atoms with E-state index in [1.54, 1.807) is 0 Å². The van der Waals surface area contributed by atoms with E-state index in [4.69, 9.17) is 0 Å². The smallest absolute Gasteiger partial charge is 0.252 e. The maximum Gasteiger partial charge on any atom is 0.252 e. The molecule has 0 aliphatic rings. The summed E-state index contributed by atoms with van der Waals surface area (Å²) in [5, 5.41) is 3.05. The predicted octanol–water partition coefficient (Wildman–Crippen LogP) is 4.10. The fraction of sp³-hybridized carbons (Fsp3) is 0.278. The van der Waals surface area contributed by atoms with Crippen molar-refractivity contribution in [3.05, 3.63) is 70.3 Å². The van der Waals surface area contributed by atoms with E-state index in [-0.39, 0.29) is 11.9 Å². The molecule has 0 bridgehead atoms. The summed E-state index contributed by atoms with van der Waals surface area (Å²) in [6, 6.07) is 14.1. The van der Waals surface area contributed by atoms with Gasteiger partial charge in [-0.25, -0.2) is 0 Å². The Hall–Kier alpha value is -2.09. The molecule has 20 heavy (non-hydrogen) atoms. The molecule has 1 amide bonds. The van der Waals surface area contributed by atoms with Crippen LogP contribution >= 0.6 is 0 Å². The highest BCUT2D eigenvalue weighted by atomic mass is 16.1. The van der Waals surface area contributed by atoms with Crippen LogP contribution in [-0.4, -0.2) is 5.91 Å². The molecule has 0 aliphatic carbocycles. The lowest BCUT2D eigenvalue weighted by Crippen LogP contribution is -2.27. The fourth-order valence-corrected chi connectivity index (χ4v) is 2.28. The van der Waals surface area contributed by atoms with Crippen molar-refractivity contribution in [3.8, 4) is 0 Å². The summed E-state index contributed by atoms with van der Waals surface area (Å²) in [7, 11) is 0. The Labute approximate surface area is 120 Å². The number of hydrogen-bond acceptors (Lipinski definition) is 1. The van der Waals surface area contributed by atoms with Crippen LogP contribution in [0.25, 0.3) is 0 Å². The molecule has 2 aromatic carbocycles. The highest BCUT2D eigenvalue weighted by molar-refractivity contribution is 5.95. The molecule has 2 rings (SSSR count). The van der Waals surface area contributed by atoms with Crippen molar-refractivity contribution in [2.75, 3.05) is 0 Å². The van der Waals surface area contributed by atoms with E-state index in [9.17, 15) is 4.79 Å². The van der Waals surface area contributed by atoms with E-state index in [2.05, 4.69) is 36.5 Å². The summed E-state index contributed by atoms with van der Waals surface area (Å²) in [5.41, 5.74) is 5.27. The molecule has 0 saturated heterocycles. The third-order valence-corrected chi connectivity index (χ3v) is 3.55. The summed E-state index contributed by atoms with van der Waals surface area (Å²) in [5.74, 6) is -0.0180. The van der Waals surface area contributed by atoms with Crippen molar-refractivity contribution in [2.24, 2.45) is 0 Å². The van der Waals surface area contributed by atoms with Crippen LogP contribution in [0.5, 0.6) is 0 Å². The van der Waals surface area contributed by atoms with Gasteiger partial charge in [0.15, 0.2) is 0 Å². The first kappa shape index (κ1) is 14.3. The Morgan fingerprint density at radius 1 is 0.950 bits per heavy atom. The summed E-state index contributed by atoms with van der Waals surface area (Å²) < 4.78 is 0. The van der Waals surface area contributed by atoms with Crippen LogP contribution in [0.2, 0.25) is 0 Å². The molecule has 0 radical (unpaired) electrons. The van der Waals surface area contributed by atoms with E-state index >= 15 is 0 Å². The van der Waals surface area contributed by atoms with Gasteiger partial charge in [0, 0.05) is 5.56 Å². The number of carbonyl (C=O) groups is 1. The molecule has 0 aromatic heterocycles. The first-order chi connectivity index (χ1) is 9.47. The van der Waals surface area contributed by atoms with E-state index in [1.807, 2.05) is 39.0 Å². The van der Waals surface area contributed by atoms with Crippen LogP contribution in [0, 0.1) is 20.8 Å². The Morgan fingerprint density at radius 3 is 2.15 bits per heavy atom. The topological polar surface area (TPSA) is 29.1 Å². The van der Waals surface area contributed by atoms with Gasteiger partial charge < -0.3 is 5.32 Å². The number of carbonyl (C=O) groups excluding carboxylic acids is 1. The van der Waals surface area contributed by atoms with Gasteiger partial charge in [0.25, 0.3) is 5.91 Å². The largest absolute Gasteiger partial charge is 0.346 e. The van der Waals surface area contributed by atoms with Gasteiger partial charge in [-0.15, -0.1) is 0 Å². The first-order valence-corrected chi connectivity index (χ1v) is 6.92. The van der Waals surface area contributed by atoms with Crippen molar-refractivity contribution in [2.45, 2.75) is 33.7 Å². The first-order valence-electron chi connectivity index (χ1n) is 6.92. The zero-order valence-corrected chi connectivity index (χ0v) is 12.5. The van der Waals surface area contributed by atoms with Gasteiger partial charge in [-0.3, -0.25) is 4.79 Å². The minimum absolute atomic E-state index is 0.00352. The summed E-state index contributed by atoms with van der Waals surface area (Å²) in [6.07, 6.45) is 0. The van der Waals surface area contributed by atoms with Gasteiger partial charge in [-0.05, 0) is 44.9 Å². The second-order valence-electron chi connectivity index (χ2n) is 5.42. The molecule has 2 nitrogen and oxygen atoms in total. The molecule has 1 atom stereocenters. The van der Waals surface area contributed by atoms with E-state index < -0.39 is 0 Å². The van der Waals surface area contributed by atoms with Gasteiger partial charge in [-0.1, -0.05) is 47.5 Å². The highest BCUT2D eigenvalue weighted by Crippen LogP contribution is 2.16. The number of hydrogen-bond donors (Lipinski definition) is 1. The van der Waals surface area contributed by atoms with Gasteiger partial charge in [0.05, 0.1) is 6.04 Å². The lowest BCUT2D eigenvalue weighted by Gasteiger charge is -2.16. The molecular formula is C18H21NO. The van der Waals surface area contributed by atoms with Gasteiger partial charge in [0.2, 0.25) is 0 Å². The molecule has 104 valence electrons. The zero-order valence-electron chi connectivity index (χ0n) is 12.5. The van der Waals surface area contributed by atoms with Gasteiger partial charge >= 0.3 is 0 Å². The van der Waals surface area contributed by atoms with Gasteiger partial charge in [0.1, 0.15) is 0 Å². The second kappa shape index (κ2) is 5.91. The molecule has 0 fully saturated rings. The van der Waals surface area contributed by atoms with E-state index in [0.29, 0.717) is 0 Å². The number of rotatable bonds is 3. The monoisotopic (exact) mass is 267 g/mol. The van der Waals surface area contributed by atoms with Crippen molar-refractivity contribution in [1.82, 2.24) is 5.32 Å². The molecule has 0 unspecified atom stereocenters. The number of benzene rings is 2. The van der Waals surface area contributed by atoms with Crippen LogP contribution in [0.1, 0.15) is 45.6 Å². The SMILES string of the molecule is Cc1ccc([C@H](C)NC(=O)c2ccc(C)cc2C)cc1. The van der Waals surface area contributed by atoms with Crippen LogP contribution < -0.4 is 5.32 Å². The maximum absolute atomic E-state index is 12.3. The van der Waals surface area contributed by atoms with Crippen LogP contribution in [0.15, 0.2) is 42.5 Å². The molecule has 0 spiro atoms. The maximum atomic E-state index is 12.3. The van der Waals surface area contributed by atoms with Gasteiger partial charge in [-0.2, -0.15) is 0 Å². The Balaban J connectivity index is 2.13. The third-order valence-electron chi connectivity index (χ3n) is 3.55. The third kappa shape index (κ3) is 3.27. The molecule has 0 heterocycles. The van der Waals surface area contributed by atoms with Crippen molar-refractivity contribution in [1.29, 1.82) is 0 Å². The summed E-state index contributed by atoms with van der Waals surface area (Å²) in [4.78, 5) is 12.3. The second-order valence-corrected chi connectivity index (χ2v) is 5.42. The molecular weight excluding hydrogens is 246 g/mol. The fourth-order valence-electron chi connectivity index (χ4n) is 2.28. The van der Waals surface area contributed by atoms with Crippen LogP contribution in [-0.2, 0) is 0 Å². The Bertz CT molecular complexity index is 614. The van der Waals surface area contributed by atoms with E-state index in [0.717, 1.165) is 16.7 Å². The normalized spacial score (nSPS) is 12.0. The quantitative estimate of drug-likeness (QED) is 0.891. The molecule has 0 saturated carbocycles. The average Bonchev–Trinajstić information content (AvgIpc) is 2.39. The standard InChI is InChI=1S/C18H21NO/c1-12-5-8-16(9-6-12)15(4)19-18(20)17-10-7-13(2)11-14(17)3/h5-11,15H,1-4H3,(H,19,20)/t15-/m0/s1. The molecule has 2 heteroatoms. The minimum Gasteiger partial charge on any atom is -0.346 e. The minimum atomic E-state index is -0.0180. The average molecular weight is 267 g/mol. The van der Waals surface area contributed by atoms with Crippen molar-refractivity contribution in [3.63, 3.8) is 0 Å². The lowest BCUT2D eigenvalue weighted by atomic mass is 10.0. The summed E-state index contributed by atoms with van der Waals surface area (Å²) >= 11 is 0. The summed E-state index contributed by atoms with van der Waals surface area (Å²) in [6.45, 7) is 8.07. The predicted molar refractivity (Wildman–Crippen MR) is 83.0 cm³/mol. The Morgan fingerprint density at radius 2 is 1.55 bits per heavy atom. The van der Waals surface area contributed by atoms with Crippen LogP contribution in [0.4, 0.5) is 0 Å². The van der Waals surface area contributed by atoms with E-state index in [1.165, 1.54) is 11.1 Å². The molecule has 0 aliphatic heterocycles. The van der Waals surface area contributed by atoms with Crippen molar-refractivity contribution < 1.29 is 4.79 Å².